The molecule has 2 heterocycles. The van der Waals surface area contributed by atoms with Crippen LogP contribution in [-0.4, -0.2) is 59.8 Å². The highest BCUT2D eigenvalue weighted by atomic mass is 16.7. The van der Waals surface area contributed by atoms with E-state index < -0.39 is 30.6 Å². The smallest absolute Gasteiger partial charge is 0.410 e. The number of carboxylic acid groups (broad SMARTS) is 1. The minimum Gasteiger partial charge on any atom is -0.479 e. The first-order valence-electron chi connectivity index (χ1n) is 11.1. The number of fused-ring (bicyclic) bond motifs is 5. The zero-order chi connectivity index (χ0) is 22.4. The maximum atomic E-state index is 13.2. The summed E-state index contributed by atoms with van der Waals surface area (Å²) in [4.78, 5) is 26.4. The van der Waals surface area contributed by atoms with E-state index in [9.17, 15) is 14.7 Å². The Balaban J connectivity index is 1.35. The molecule has 168 valence electrons. The molecule has 2 saturated heterocycles. The monoisotopic (exact) mass is 437 g/mol. The van der Waals surface area contributed by atoms with Crippen LogP contribution < -0.4 is 0 Å². The number of hydrogen-bond acceptors (Lipinski definition) is 5. The van der Waals surface area contributed by atoms with Gasteiger partial charge in [0.25, 0.3) is 0 Å². The molecule has 7 heteroatoms. The fourth-order valence-corrected chi connectivity index (χ4v) is 5.13. The number of carboxylic acids is 1. The summed E-state index contributed by atoms with van der Waals surface area (Å²) in [6.07, 6.45) is -2.33. The minimum atomic E-state index is -1.07. The Labute approximate surface area is 186 Å². The molecule has 2 bridgehead atoms. The van der Waals surface area contributed by atoms with Crippen LogP contribution in [0.3, 0.4) is 0 Å². The quantitative estimate of drug-likeness (QED) is 0.765. The summed E-state index contributed by atoms with van der Waals surface area (Å²) in [6, 6.07) is 16.0. The Bertz CT molecular complexity index is 991. The van der Waals surface area contributed by atoms with Gasteiger partial charge in [0.05, 0.1) is 12.6 Å². The molecule has 32 heavy (non-hydrogen) atoms. The van der Waals surface area contributed by atoms with Gasteiger partial charge in [0, 0.05) is 5.92 Å². The van der Waals surface area contributed by atoms with Crippen LogP contribution in [0.1, 0.15) is 37.3 Å². The average Bonchev–Trinajstić information content (AvgIpc) is 3.30. The zero-order valence-electron chi connectivity index (χ0n) is 18.1. The van der Waals surface area contributed by atoms with Crippen LogP contribution in [-0.2, 0) is 19.0 Å². The predicted octanol–water partition coefficient (Wildman–Crippen LogP) is 3.86. The Hall–Kier alpha value is -2.90. The van der Waals surface area contributed by atoms with Crippen molar-refractivity contribution in [1.82, 2.24) is 4.90 Å². The van der Waals surface area contributed by atoms with E-state index in [1.807, 2.05) is 38.1 Å². The van der Waals surface area contributed by atoms with Crippen molar-refractivity contribution >= 4 is 12.1 Å². The number of carbonyl (C=O) groups excluding carboxylic acids is 1. The molecule has 2 aliphatic heterocycles. The van der Waals surface area contributed by atoms with E-state index in [4.69, 9.17) is 14.2 Å². The molecular formula is C25H27NO6. The summed E-state index contributed by atoms with van der Waals surface area (Å²) in [6.45, 7) is 4.45. The van der Waals surface area contributed by atoms with Gasteiger partial charge in [0.15, 0.2) is 12.4 Å². The number of amides is 1. The molecule has 3 aliphatic rings. The molecule has 0 saturated carbocycles. The van der Waals surface area contributed by atoms with Crippen LogP contribution >= 0.6 is 0 Å². The summed E-state index contributed by atoms with van der Waals surface area (Å²) in [5, 5.41) is 9.45. The molecular weight excluding hydrogens is 410 g/mol. The fourth-order valence-electron chi connectivity index (χ4n) is 5.13. The van der Waals surface area contributed by atoms with Gasteiger partial charge in [-0.1, -0.05) is 62.4 Å². The molecule has 2 fully saturated rings. The minimum absolute atomic E-state index is 0.0318. The van der Waals surface area contributed by atoms with Crippen molar-refractivity contribution in [1.29, 1.82) is 0 Å². The predicted molar refractivity (Wildman–Crippen MR) is 116 cm³/mol. The van der Waals surface area contributed by atoms with Gasteiger partial charge in [-0.3, -0.25) is 4.90 Å². The molecule has 4 atom stereocenters. The molecule has 0 aromatic heterocycles. The summed E-state index contributed by atoms with van der Waals surface area (Å²) < 4.78 is 17.3. The SMILES string of the molecule is CC(C)C[C@H]1[C@H]2O[C@@H](CN1C(=O)OCC1c3ccccc3-c3ccccc31)[C@@H](C(=O)O)O2. The number of nitrogens with zero attached hydrogens (tertiary/aromatic N) is 1. The first kappa shape index (κ1) is 21.0. The van der Waals surface area contributed by atoms with Crippen LogP contribution in [0.5, 0.6) is 0 Å². The van der Waals surface area contributed by atoms with Crippen molar-refractivity contribution in [2.75, 3.05) is 13.2 Å². The molecule has 0 unspecified atom stereocenters. The van der Waals surface area contributed by atoms with Crippen molar-refractivity contribution in [3.8, 4) is 11.1 Å². The van der Waals surface area contributed by atoms with E-state index in [2.05, 4.69) is 24.3 Å². The highest BCUT2D eigenvalue weighted by Gasteiger charge is 2.52. The standard InChI is InChI=1S/C25H27NO6/c1-14(2)11-20-24-31-21(22(32-24)23(27)28)12-26(20)25(29)30-13-19-17-9-5-3-7-15(17)16-8-4-6-10-18(16)19/h3-10,14,19-22,24H,11-13H2,1-2H3,(H,27,28)/t20-,21-,22-,24-/m0/s1. The zero-order valence-corrected chi connectivity index (χ0v) is 18.1. The molecule has 5 rings (SSSR count). The first-order chi connectivity index (χ1) is 15.4. The Morgan fingerprint density at radius 2 is 1.69 bits per heavy atom. The highest BCUT2D eigenvalue weighted by molar-refractivity contribution is 5.79. The van der Waals surface area contributed by atoms with E-state index in [0.29, 0.717) is 6.42 Å². The van der Waals surface area contributed by atoms with Crippen molar-refractivity contribution < 1.29 is 28.9 Å². The lowest BCUT2D eigenvalue weighted by Gasteiger charge is -2.38. The van der Waals surface area contributed by atoms with Gasteiger partial charge in [0.1, 0.15) is 12.7 Å². The number of benzene rings is 2. The summed E-state index contributed by atoms with van der Waals surface area (Å²) >= 11 is 0. The van der Waals surface area contributed by atoms with Crippen LogP contribution in [0.2, 0.25) is 0 Å². The lowest BCUT2D eigenvalue weighted by atomic mass is 9.98. The number of ether oxygens (including phenoxy) is 3. The second-order valence-electron chi connectivity index (χ2n) is 9.09. The van der Waals surface area contributed by atoms with E-state index >= 15 is 0 Å². The fraction of sp³-hybridized carbons (Fsp3) is 0.440. The second-order valence-corrected chi connectivity index (χ2v) is 9.09. The third kappa shape index (κ3) is 3.55. The van der Waals surface area contributed by atoms with Gasteiger partial charge < -0.3 is 19.3 Å². The summed E-state index contributed by atoms with van der Waals surface area (Å²) in [7, 11) is 0. The molecule has 0 spiro atoms. The highest BCUT2D eigenvalue weighted by Crippen LogP contribution is 2.44. The normalized spacial score (nSPS) is 26.2. The number of morpholine rings is 1. The Morgan fingerprint density at radius 3 is 2.28 bits per heavy atom. The van der Waals surface area contributed by atoms with Gasteiger partial charge >= 0.3 is 12.1 Å². The van der Waals surface area contributed by atoms with Crippen molar-refractivity contribution in [3.05, 3.63) is 59.7 Å². The number of hydrogen-bond donors (Lipinski definition) is 1. The van der Waals surface area contributed by atoms with Crippen LogP contribution in [0.15, 0.2) is 48.5 Å². The summed E-state index contributed by atoms with van der Waals surface area (Å²) in [5.74, 6) is -0.831. The van der Waals surface area contributed by atoms with Gasteiger partial charge in [0.2, 0.25) is 0 Å². The third-order valence-electron chi connectivity index (χ3n) is 6.55. The van der Waals surface area contributed by atoms with Gasteiger partial charge in [-0.15, -0.1) is 0 Å². The largest absolute Gasteiger partial charge is 0.479 e. The van der Waals surface area contributed by atoms with Crippen molar-refractivity contribution in [2.45, 2.75) is 50.7 Å². The number of rotatable bonds is 5. The molecule has 2 aromatic carbocycles. The van der Waals surface area contributed by atoms with Crippen LogP contribution in [0.4, 0.5) is 4.79 Å². The van der Waals surface area contributed by atoms with Gasteiger partial charge in [-0.2, -0.15) is 0 Å². The van der Waals surface area contributed by atoms with E-state index in [0.717, 1.165) is 11.1 Å². The van der Waals surface area contributed by atoms with Crippen LogP contribution in [0.25, 0.3) is 11.1 Å². The van der Waals surface area contributed by atoms with Crippen LogP contribution in [0, 0.1) is 5.92 Å². The average molecular weight is 437 g/mol. The molecule has 1 aliphatic carbocycles. The van der Waals surface area contributed by atoms with E-state index in [-0.39, 0.29) is 31.0 Å². The maximum absolute atomic E-state index is 13.2. The van der Waals surface area contributed by atoms with Crippen molar-refractivity contribution in [3.63, 3.8) is 0 Å². The van der Waals surface area contributed by atoms with E-state index in [1.54, 1.807) is 4.90 Å². The number of aliphatic carboxylic acids is 1. The summed E-state index contributed by atoms with van der Waals surface area (Å²) in [5.41, 5.74) is 4.64. The molecule has 0 radical (unpaired) electrons. The lowest BCUT2D eigenvalue weighted by molar-refractivity contribution is -0.157. The van der Waals surface area contributed by atoms with Gasteiger partial charge in [-0.05, 0) is 34.6 Å². The maximum Gasteiger partial charge on any atom is 0.410 e. The topological polar surface area (TPSA) is 85.3 Å². The van der Waals surface area contributed by atoms with Gasteiger partial charge in [-0.25, -0.2) is 9.59 Å². The lowest BCUT2D eigenvalue weighted by Crippen LogP contribution is -2.55. The van der Waals surface area contributed by atoms with Crippen molar-refractivity contribution in [2.24, 2.45) is 5.92 Å². The van der Waals surface area contributed by atoms with E-state index in [1.165, 1.54) is 11.1 Å². The number of carbonyl (C=O) groups is 2. The second kappa shape index (κ2) is 8.22. The third-order valence-corrected chi connectivity index (χ3v) is 6.55. The first-order valence-corrected chi connectivity index (χ1v) is 11.1. The molecule has 7 nitrogen and oxygen atoms in total. The molecule has 1 N–H and O–H groups in total. The molecule has 2 aromatic rings. The Kier molecular flexibility index (Phi) is 5.39. The Morgan fingerprint density at radius 1 is 1.06 bits per heavy atom. The molecule has 1 amide bonds.